The van der Waals surface area contributed by atoms with E-state index >= 15 is 0 Å². The molecule has 6 nitrogen and oxygen atoms in total. The molecule has 0 aliphatic carbocycles. The predicted octanol–water partition coefficient (Wildman–Crippen LogP) is 8.22. The van der Waals surface area contributed by atoms with Gasteiger partial charge in [0, 0.05) is 33.6 Å². The highest BCUT2D eigenvalue weighted by atomic mass is 35.5. The van der Waals surface area contributed by atoms with Crippen LogP contribution in [0.5, 0.6) is 11.5 Å². The van der Waals surface area contributed by atoms with Crippen molar-refractivity contribution in [3.63, 3.8) is 0 Å². The summed E-state index contributed by atoms with van der Waals surface area (Å²) in [5, 5.41) is 11.9. The fourth-order valence-corrected chi connectivity index (χ4v) is 6.87. The Morgan fingerprint density at radius 1 is 1.03 bits per heavy atom. The first kappa shape index (κ1) is 28.6. The number of aromatic nitrogens is 3. The molecule has 0 amide bonds. The van der Waals surface area contributed by atoms with Crippen LogP contribution in [0.4, 0.5) is 10.9 Å². The van der Waals surface area contributed by atoms with Gasteiger partial charge < -0.3 is 15.4 Å². The highest BCUT2D eigenvalue weighted by Crippen LogP contribution is 2.39. The number of ether oxygens (including phenoxy) is 1. The summed E-state index contributed by atoms with van der Waals surface area (Å²) in [5.41, 5.74) is 2.16. The second-order valence-corrected chi connectivity index (χ2v) is 11.5. The number of fused-ring (bicyclic) bond motifs is 1. The number of anilines is 2. The van der Waals surface area contributed by atoms with Crippen LogP contribution < -0.4 is 15.4 Å². The molecule has 6 rings (SSSR count). The molecule has 0 bridgehead atoms. The minimum absolute atomic E-state index is 0. The van der Waals surface area contributed by atoms with E-state index in [-0.39, 0.29) is 24.8 Å². The zero-order chi connectivity index (χ0) is 24.2. The van der Waals surface area contributed by atoms with Crippen molar-refractivity contribution < 1.29 is 4.74 Å². The molecule has 1 aliphatic heterocycles. The fourth-order valence-electron chi connectivity index (χ4n) is 4.27. The van der Waals surface area contributed by atoms with E-state index in [0.717, 1.165) is 51.4 Å². The van der Waals surface area contributed by atoms with Gasteiger partial charge in [-0.2, -0.15) is 0 Å². The highest BCUT2D eigenvalue weighted by Gasteiger charge is 2.17. The minimum Gasteiger partial charge on any atom is -0.453 e. The number of nitrogens with zero attached hydrogens (tertiary/aromatic N) is 3. The molecule has 1 aromatic carbocycles. The van der Waals surface area contributed by atoms with Crippen LogP contribution in [0.2, 0.25) is 0 Å². The number of benzene rings is 1. The van der Waals surface area contributed by atoms with E-state index in [1.807, 2.05) is 60.9 Å². The zero-order valence-electron chi connectivity index (χ0n) is 20.3. The number of thiazole rings is 1. The van der Waals surface area contributed by atoms with Crippen LogP contribution >= 0.6 is 59.2 Å². The Kier molecular flexibility index (Phi) is 10.2. The molecule has 11 heteroatoms. The van der Waals surface area contributed by atoms with E-state index in [1.165, 1.54) is 17.5 Å². The van der Waals surface area contributed by atoms with Gasteiger partial charge in [0.15, 0.2) is 16.7 Å². The van der Waals surface area contributed by atoms with Gasteiger partial charge in [0.25, 0.3) is 0 Å². The average Bonchev–Trinajstić information content (AvgIpc) is 3.57. The summed E-state index contributed by atoms with van der Waals surface area (Å²) in [6.45, 7) is 2.21. The van der Waals surface area contributed by atoms with Gasteiger partial charge in [-0.15, -0.1) is 47.5 Å². The lowest BCUT2D eigenvalue weighted by atomic mass is 9.94. The molecule has 1 saturated heterocycles. The Bertz CT molecular complexity index is 1460. The number of hydrogen-bond acceptors (Lipinski definition) is 9. The topological polar surface area (TPSA) is 72.0 Å². The van der Waals surface area contributed by atoms with Crippen molar-refractivity contribution >= 4 is 80.4 Å². The van der Waals surface area contributed by atoms with Crippen LogP contribution in [0.15, 0.2) is 81.5 Å². The standard InChI is InChI=1S/C27H25N5OS3.2ClH/c1-2-4-20(5-3-1)33-23-15-21(36-24-8-12-29-22-9-13-34-25(22)24)16-30-26(23)32-27-31-19(17-35-27)14-18-6-10-28-11-7-18;;/h1-5,8-9,12-13,15-18,28H,6-7,10-11,14H2,(H,30,31,32);2*1H. The zero-order valence-corrected chi connectivity index (χ0v) is 24.4. The van der Waals surface area contributed by atoms with E-state index in [4.69, 9.17) is 14.7 Å². The maximum atomic E-state index is 6.28. The summed E-state index contributed by atoms with van der Waals surface area (Å²) >= 11 is 4.98. The van der Waals surface area contributed by atoms with E-state index in [0.29, 0.717) is 17.5 Å². The van der Waals surface area contributed by atoms with Crippen LogP contribution in [0, 0.1) is 5.92 Å². The van der Waals surface area contributed by atoms with E-state index in [2.05, 4.69) is 26.4 Å². The minimum atomic E-state index is 0. The van der Waals surface area contributed by atoms with Gasteiger partial charge in [0.05, 0.1) is 15.9 Å². The number of para-hydroxylation sites is 1. The summed E-state index contributed by atoms with van der Waals surface area (Å²) in [4.78, 5) is 16.2. The smallest absolute Gasteiger partial charge is 0.188 e. The van der Waals surface area contributed by atoms with Gasteiger partial charge in [-0.1, -0.05) is 30.0 Å². The molecule has 2 N–H and O–H groups in total. The summed E-state index contributed by atoms with van der Waals surface area (Å²) in [7, 11) is 0. The van der Waals surface area contributed by atoms with Crippen molar-refractivity contribution in [2.45, 2.75) is 29.1 Å². The van der Waals surface area contributed by atoms with E-state index < -0.39 is 0 Å². The molecule has 1 aliphatic rings. The molecule has 5 heterocycles. The molecule has 0 radical (unpaired) electrons. The lowest BCUT2D eigenvalue weighted by Crippen LogP contribution is -2.28. The van der Waals surface area contributed by atoms with Crippen LogP contribution in [0.3, 0.4) is 0 Å². The van der Waals surface area contributed by atoms with Gasteiger partial charge in [-0.3, -0.25) is 4.98 Å². The number of rotatable bonds is 8. The van der Waals surface area contributed by atoms with Crippen molar-refractivity contribution in [3.8, 4) is 11.5 Å². The van der Waals surface area contributed by atoms with Crippen molar-refractivity contribution in [1.82, 2.24) is 20.3 Å². The molecule has 0 atom stereocenters. The summed E-state index contributed by atoms with van der Waals surface area (Å²) in [5.74, 6) is 2.79. The third-order valence-corrected chi connectivity index (χ3v) is 8.96. The Balaban J connectivity index is 0.00000168. The van der Waals surface area contributed by atoms with Gasteiger partial charge in [-0.05, 0) is 67.9 Å². The van der Waals surface area contributed by atoms with Crippen molar-refractivity contribution in [1.29, 1.82) is 0 Å². The molecular weight excluding hydrogens is 577 g/mol. The molecule has 198 valence electrons. The van der Waals surface area contributed by atoms with Gasteiger partial charge >= 0.3 is 0 Å². The third-order valence-electron chi connectivity index (χ3n) is 6.07. The molecule has 0 saturated carbocycles. The van der Waals surface area contributed by atoms with E-state index in [1.54, 1.807) is 34.4 Å². The number of nitrogens with one attached hydrogen (secondary N) is 2. The van der Waals surface area contributed by atoms with Crippen LogP contribution in [0.25, 0.3) is 10.2 Å². The normalized spacial score (nSPS) is 13.5. The summed E-state index contributed by atoms with van der Waals surface area (Å²) < 4.78 is 7.46. The predicted molar refractivity (Wildman–Crippen MR) is 164 cm³/mol. The quantitative estimate of drug-likeness (QED) is 0.185. The van der Waals surface area contributed by atoms with Crippen molar-refractivity contribution in [3.05, 3.63) is 77.4 Å². The van der Waals surface area contributed by atoms with Gasteiger partial charge in [0.2, 0.25) is 0 Å². The second-order valence-electron chi connectivity index (χ2n) is 8.65. The number of thiophene rings is 1. The number of piperidine rings is 1. The Hall–Kier alpha value is -2.40. The van der Waals surface area contributed by atoms with E-state index in [9.17, 15) is 0 Å². The number of hydrogen-bond donors (Lipinski definition) is 2. The first-order chi connectivity index (χ1) is 17.8. The molecular formula is C27H27Cl2N5OS3. The summed E-state index contributed by atoms with van der Waals surface area (Å²) in [6, 6.07) is 15.9. The lowest BCUT2D eigenvalue weighted by molar-refractivity contribution is 0.370. The molecule has 1 fully saturated rings. The lowest BCUT2D eigenvalue weighted by Gasteiger charge is -2.21. The molecule has 4 aromatic heterocycles. The van der Waals surface area contributed by atoms with Crippen molar-refractivity contribution in [2.75, 3.05) is 18.4 Å². The molecule has 38 heavy (non-hydrogen) atoms. The largest absolute Gasteiger partial charge is 0.453 e. The fraction of sp³-hybridized carbons (Fsp3) is 0.222. The summed E-state index contributed by atoms with van der Waals surface area (Å²) in [6.07, 6.45) is 7.19. The number of pyridine rings is 2. The average molecular weight is 605 g/mol. The molecule has 0 spiro atoms. The van der Waals surface area contributed by atoms with Crippen LogP contribution in [-0.2, 0) is 6.42 Å². The van der Waals surface area contributed by atoms with Crippen LogP contribution in [0.1, 0.15) is 18.5 Å². The molecule has 5 aromatic rings. The van der Waals surface area contributed by atoms with Crippen LogP contribution in [-0.4, -0.2) is 28.0 Å². The van der Waals surface area contributed by atoms with Gasteiger partial charge in [0.1, 0.15) is 5.75 Å². The Labute approximate surface area is 246 Å². The monoisotopic (exact) mass is 603 g/mol. The maximum Gasteiger partial charge on any atom is 0.188 e. The first-order valence-corrected chi connectivity index (χ1v) is 14.5. The maximum absolute atomic E-state index is 6.28. The SMILES string of the molecule is Cl.Cl.c1ccc(Oc2cc(Sc3ccnc4ccsc34)cnc2Nc2nc(CC3CCNCC3)cs2)cc1. The number of halogens is 2. The third kappa shape index (κ3) is 6.97. The van der Waals surface area contributed by atoms with Crippen molar-refractivity contribution in [2.24, 2.45) is 5.92 Å². The molecule has 0 unspecified atom stereocenters. The Morgan fingerprint density at radius 2 is 1.87 bits per heavy atom. The van der Waals surface area contributed by atoms with Gasteiger partial charge in [-0.25, -0.2) is 9.97 Å². The Morgan fingerprint density at radius 3 is 2.71 bits per heavy atom. The highest BCUT2D eigenvalue weighted by molar-refractivity contribution is 7.99. The first-order valence-electron chi connectivity index (χ1n) is 12.0. The second kappa shape index (κ2) is 13.6.